The van der Waals surface area contributed by atoms with Crippen LogP contribution in [0.25, 0.3) is 10.9 Å². The smallest absolute Gasteiger partial charge is 0.410 e. The highest BCUT2D eigenvalue weighted by Crippen LogP contribution is 2.29. The molecule has 0 spiro atoms. The van der Waals surface area contributed by atoms with E-state index in [1.165, 1.54) is 0 Å². The molecule has 2 heterocycles. The summed E-state index contributed by atoms with van der Waals surface area (Å²) in [7, 11) is 0. The molecule has 1 N–H and O–H groups in total. The molecular weight excluding hydrogens is 410 g/mol. The number of hydrogen-bond acceptors (Lipinski definition) is 4. The van der Waals surface area contributed by atoms with Crippen LogP contribution in [-0.4, -0.2) is 39.7 Å². The number of H-pyrrole nitrogens is 1. The highest BCUT2D eigenvalue weighted by atomic mass is 79.9. The maximum atomic E-state index is 12.4. The predicted octanol–water partition coefficient (Wildman–Crippen LogP) is 4.06. The van der Waals surface area contributed by atoms with Gasteiger partial charge < -0.3 is 14.6 Å². The van der Waals surface area contributed by atoms with Crippen LogP contribution in [0.3, 0.4) is 0 Å². The van der Waals surface area contributed by atoms with E-state index in [0.29, 0.717) is 39.3 Å². The first kappa shape index (κ1) is 18.2. The third-order valence-corrected chi connectivity index (χ3v) is 5.19. The molecule has 1 aliphatic heterocycles. The largest absolute Gasteiger partial charge is 0.444 e. The molecule has 1 atom stereocenters. The number of nitrogens with zero attached hydrogens (tertiary/aromatic N) is 2. The summed E-state index contributed by atoms with van der Waals surface area (Å²) in [5.74, 6) is 0.536. The van der Waals surface area contributed by atoms with E-state index in [2.05, 4.69) is 25.9 Å². The fraction of sp³-hybridized carbons (Fsp3) is 0.471. The van der Waals surface area contributed by atoms with Crippen LogP contribution in [0.4, 0.5) is 4.79 Å². The van der Waals surface area contributed by atoms with E-state index in [0.717, 1.165) is 6.42 Å². The third-order valence-electron chi connectivity index (χ3n) is 3.99. The molecule has 134 valence electrons. The minimum absolute atomic E-state index is 0.0351. The molecule has 3 rings (SSSR count). The Labute approximate surface area is 158 Å². The van der Waals surface area contributed by atoms with Gasteiger partial charge in [0.2, 0.25) is 0 Å². The van der Waals surface area contributed by atoms with Gasteiger partial charge in [-0.1, -0.05) is 11.6 Å². The van der Waals surface area contributed by atoms with Crippen molar-refractivity contribution in [3.05, 3.63) is 37.8 Å². The number of aromatic nitrogens is 2. The summed E-state index contributed by atoms with van der Waals surface area (Å²) in [6, 6.07) is 3.33. The fourth-order valence-corrected chi connectivity index (χ4v) is 3.32. The molecule has 2 aromatic rings. The third kappa shape index (κ3) is 3.98. The van der Waals surface area contributed by atoms with Crippen LogP contribution in [-0.2, 0) is 4.74 Å². The van der Waals surface area contributed by atoms with Crippen molar-refractivity contribution in [2.45, 2.75) is 38.7 Å². The number of benzene rings is 1. The van der Waals surface area contributed by atoms with Crippen molar-refractivity contribution in [2.75, 3.05) is 13.1 Å². The molecule has 1 saturated heterocycles. The van der Waals surface area contributed by atoms with Gasteiger partial charge in [-0.3, -0.25) is 4.79 Å². The second kappa shape index (κ2) is 6.61. The highest BCUT2D eigenvalue weighted by Gasteiger charge is 2.32. The quantitative estimate of drug-likeness (QED) is 0.743. The molecule has 0 bridgehead atoms. The summed E-state index contributed by atoms with van der Waals surface area (Å²) >= 11 is 9.42. The van der Waals surface area contributed by atoms with Gasteiger partial charge in [0.25, 0.3) is 5.56 Å². The van der Waals surface area contributed by atoms with Crippen molar-refractivity contribution < 1.29 is 9.53 Å². The molecule has 1 unspecified atom stereocenters. The molecule has 1 amide bonds. The second-order valence-corrected chi connectivity index (χ2v) is 8.41. The average Bonchev–Trinajstić information content (AvgIpc) is 2.97. The van der Waals surface area contributed by atoms with Gasteiger partial charge in [-0.2, -0.15) is 0 Å². The maximum Gasteiger partial charge on any atom is 0.410 e. The lowest BCUT2D eigenvalue weighted by Gasteiger charge is -2.24. The molecule has 1 aliphatic rings. The van der Waals surface area contributed by atoms with Crippen LogP contribution >= 0.6 is 27.5 Å². The summed E-state index contributed by atoms with van der Waals surface area (Å²) in [5.41, 5.74) is -0.204. The molecule has 1 aromatic heterocycles. The summed E-state index contributed by atoms with van der Waals surface area (Å²) in [6.07, 6.45) is 0.378. The number of ether oxygens (including phenoxy) is 1. The van der Waals surface area contributed by atoms with Crippen molar-refractivity contribution in [2.24, 2.45) is 0 Å². The van der Waals surface area contributed by atoms with Crippen molar-refractivity contribution in [1.82, 2.24) is 14.9 Å². The average molecular weight is 429 g/mol. The number of halogens is 2. The molecule has 0 radical (unpaired) electrons. The monoisotopic (exact) mass is 427 g/mol. The number of hydrogen-bond donors (Lipinski definition) is 1. The molecule has 0 aliphatic carbocycles. The lowest BCUT2D eigenvalue weighted by Crippen LogP contribution is -2.35. The lowest BCUT2D eigenvalue weighted by molar-refractivity contribution is 0.0292. The Hall–Kier alpha value is -1.60. The van der Waals surface area contributed by atoms with Gasteiger partial charge in [0.05, 0.1) is 15.9 Å². The second-order valence-electron chi connectivity index (χ2n) is 7.15. The Kier molecular flexibility index (Phi) is 4.81. The fourth-order valence-electron chi connectivity index (χ4n) is 2.82. The minimum Gasteiger partial charge on any atom is -0.444 e. The first-order chi connectivity index (χ1) is 11.6. The van der Waals surface area contributed by atoms with Crippen molar-refractivity contribution in [1.29, 1.82) is 0 Å². The van der Waals surface area contributed by atoms with Gasteiger partial charge in [-0.05, 0) is 55.3 Å². The summed E-state index contributed by atoms with van der Waals surface area (Å²) < 4.78 is 6.05. The van der Waals surface area contributed by atoms with Crippen LogP contribution in [0, 0.1) is 0 Å². The molecule has 25 heavy (non-hydrogen) atoms. The minimum atomic E-state index is -0.533. The zero-order valence-electron chi connectivity index (χ0n) is 14.2. The van der Waals surface area contributed by atoms with E-state index >= 15 is 0 Å². The Bertz CT molecular complexity index is 891. The summed E-state index contributed by atoms with van der Waals surface area (Å²) in [5, 5.41) is 0.973. The molecule has 1 aromatic carbocycles. The van der Waals surface area contributed by atoms with Crippen LogP contribution in [0.5, 0.6) is 0 Å². The number of likely N-dealkylation sites (tertiary alicyclic amines) is 1. The molecule has 8 heteroatoms. The van der Waals surface area contributed by atoms with E-state index in [9.17, 15) is 9.59 Å². The first-order valence-corrected chi connectivity index (χ1v) is 9.18. The van der Waals surface area contributed by atoms with E-state index in [4.69, 9.17) is 16.3 Å². The Morgan fingerprint density at radius 2 is 2.16 bits per heavy atom. The van der Waals surface area contributed by atoms with E-state index in [1.807, 2.05) is 20.8 Å². The van der Waals surface area contributed by atoms with Crippen LogP contribution in [0.15, 0.2) is 21.4 Å². The van der Waals surface area contributed by atoms with Gasteiger partial charge in [0.15, 0.2) is 0 Å². The Balaban J connectivity index is 1.85. The van der Waals surface area contributed by atoms with Gasteiger partial charge in [-0.25, -0.2) is 9.78 Å². The number of amides is 1. The van der Waals surface area contributed by atoms with Gasteiger partial charge in [-0.15, -0.1) is 0 Å². The molecule has 0 saturated carbocycles. The maximum absolute atomic E-state index is 12.4. The van der Waals surface area contributed by atoms with Crippen LogP contribution in [0.1, 0.15) is 38.9 Å². The number of aromatic amines is 1. The summed E-state index contributed by atoms with van der Waals surface area (Å²) in [4.78, 5) is 33.6. The van der Waals surface area contributed by atoms with Crippen molar-refractivity contribution in [3.8, 4) is 0 Å². The number of rotatable bonds is 1. The Morgan fingerprint density at radius 1 is 1.44 bits per heavy atom. The topological polar surface area (TPSA) is 75.3 Å². The highest BCUT2D eigenvalue weighted by molar-refractivity contribution is 9.10. The molecule has 1 fully saturated rings. The zero-order valence-corrected chi connectivity index (χ0v) is 16.6. The van der Waals surface area contributed by atoms with Crippen molar-refractivity contribution in [3.63, 3.8) is 0 Å². The first-order valence-electron chi connectivity index (χ1n) is 8.01. The molecule has 6 nitrogen and oxygen atoms in total. The van der Waals surface area contributed by atoms with Gasteiger partial charge in [0, 0.05) is 23.5 Å². The van der Waals surface area contributed by atoms with Crippen molar-refractivity contribution >= 4 is 44.5 Å². The SMILES string of the molecule is CC(C)(C)OC(=O)N1CCC(c2nc3cc(Cl)c(Br)cc3c(=O)[nH]2)C1. The number of fused-ring (bicyclic) bond motifs is 1. The van der Waals surface area contributed by atoms with E-state index in [1.54, 1.807) is 17.0 Å². The number of nitrogens with one attached hydrogen (secondary N) is 1. The van der Waals surface area contributed by atoms with E-state index < -0.39 is 5.60 Å². The standard InChI is InChI=1S/C17H19BrClN3O3/c1-17(2,3)25-16(24)22-5-4-9(8-22)14-20-13-7-12(19)11(18)6-10(13)15(23)21-14/h6-7,9H,4-5,8H2,1-3H3,(H,20,21,23). The van der Waals surface area contributed by atoms with Crippen LogP contribution in [0.2, 0.25) is 5.02 Å². The zero-order chi connectivity index (χ0) is 18.4. The van der Waals surface area contributed by atoms with Gasteiger partial charge >= 0.3 is 6.09 Å². The van der Waals surface area contributed by atoms with Gasteiger partial charge in [0.1, 0.15) is 11.4 Å². The lowest BCUT2D eigenvalue weighted by atomic mass is 10.1. The van der Waals surface area contributed by atoms with E-state index in [-0.39, 0.29) is 17.6 Å². The number of carbonyl (C=O) groups is 1. The predicted molar refractivity (Wildman–Crippen MR) is 100 cm³/mol. The summed E-state index contributed by atoms with van der Waals surface area (Å²) in [6.45, 7) is 6.55. The molecular formula is C17H19BrClN3O3. The normalized spacial score (nSPS) is 18.0. The number of carbonyl (C=O) groups excluding carboxylic acids is 1. The van der Waals surface area contributed by atoms with Crippen LogP contribution < -0.4 is 5.56 Å². The Morgan fingerprint density at radius 3 is 2.84 bits per heavy atom.